The molecule has 1 aliphatic rings. The van der Waals surface area contributed by atoms with Crippen molar-refractivity contribution in [3.8, 4) is 0 Å². The molecule has 0 aromatic heterocycles. The number of amides is 1. The molecule has 4 N–H and O–H groups in total. The summed E-state index contributed by atoms with van der Waals surface area (Å²) >= 11 is 6.29. The normalized spacial score (nSPS) is 14.7. The third-order valence-corrected chi connectivity index (χ3v) is 3.70. The Morgan fingerprint density at radius 1 is 1.47 bits per heavy atom. The number of nitrogen functional groups attached to an aromatic ring is 1. The number of anilines is 2. The highest BCUT2D eigenvalue weighted by atomic mass is 35.5. The van der Waals surface area contributed by atoms with Gasteiger partial charge in [0.05, 0.1) is 16.3 Å². The second-order valence-electron chi connectivity index (χ2n) is 5.45. The number of rotatable bonds is 5. The summed E-state index contributed by atoms with van der Waals surface area (Å²) in [5.41, 5.74) is 12.8. The highest BCUT2D eigenvalue weighted by Gasteiger charge is 2.28. The fraction of sp³-hybridized carbons (Fsp3) is 0.500. The molecular weight excluding hydrogens is 262 g/mol. The van der Waals surface area contributed by atoms with Crippen LogP contribution in [0.1, 0.15) is 37.0 Å². The molecule has 0 bridgehead atoms. The summed E-state index contributed by atoms with van der Waals surface area (Å²) < 4.78 is 0. The molecule has 1 aromatic carbocycles. The summed E-state index contributed by atoms with van der Waals surface area (Å²) in [4.78, 5) is 13.8. The van der Waals surface area contributed by atoms with Gasteiger partial charge in [-0.1, -0.05) is 11.6 Å². The summed E-state index contributed by atoms with van der Waals surface area (Å²) in [6.07, 6.45) is 2.48. The molecule has 0 radical (unpaired) electrons. The van der Waals surface area contributed by atoms with E-state index in [0.717, 1.165) is 6.54 Å². The van der Waals surface area contributed by atoms with Gasteiger partial charge in [0.25, 0.3) is 5.91 Å². The predicted molar refractivity (Wildman–Crippen MR) is 79.6 cm³/mol. The molecule has 0 atom stereocenters. The summed E-state index contributed by atoms with van der Waals surface area (Å²) in [5, 5.41) is 0.489. The van der Waals surface area contributed by atoms with Crippen LogP contribution < -0.4 is 16.4 Å². The number of hydrogen-bond acceptors (Lipinski definition) is 3. The maximum absolute atomic E-state index is 11.6. The molecule has 4 nitrogen and oxygen atoms in total. The highest BCUT2D eigenvalue weighted by Crippen LogP contribution is 2.37. The lowest BCUT2D eigenvalue weighted by Crippen LogP contribution is -2.35. The van der Waals surface area contributed by atoms with E-state index < -0.39 is 5.91 Å². The Hall–Kier alpha value is -1.42. The van der Waals surface area contributed by atoms with Crippen molar-refractivity contribution >= 4 is 28.9 Å². The van der Waals surface area contributed by atoms with Gasteiger partial charge in [0, 0.05) is 18.3 Å². The van der Waals surface area contributed by atoms with Crippen molar-refractivity contribution in [1.82, 2.24) is 0 Å². The van der Waals surface area contributed by atoms with Crippen molar-refractivity contribution < 1.29 is 4.79 Å². The van der Waals surface area contributed by atoms with Gasteiger partial charge in [0.1, 0.15) is 0 Å². The average Bonchev–Trinajstić information content (AvgIpc) is 3.09. The molecule has 5 heteroatoms. The Morgan fingerprint density at radius 2 is 2.11 bits per heavy atom. The largest absolute Gasteiger partial charge is 0.399 e. The number of nitrogens with zero attached hydrogens (tertiary/aromatic N) is 1. The van der Waals surface area contributed by atoms with Gasteiger partial charge in [-0.05, 0) is 44.7 Å². The Morgan fingerprint density at radius 3 is 2.58 bits per heavy atom. The number of halogens is 1. The van der Waals surface area contributed by atoms with E-state index in [0.29, 0.717) is 27.9 Å². The van der Waals surface area contributed by atoms with Crippen LogP contribution in [0.25, 0.3) is 0 Å². The molecule has 1 fully saturated rings. The van der Waals surface area contributed by atoms with Crippen LogP contribution in [0.2, 0.25) is 5.02 Å². The minimum atomic E-state index is -0.495. The Bertz CT molecular complexity index is 498. The third kappa shape index (κ3) is 3.13. The van der Waals surface area contributed by atoms with Crippen molar-refractivity contribution in [2.75, 3.05) is 17.2 Å². The molecule has 0 aliphatic heterocycles. The molecule has 0 heterocycles. The first-order valence-corrected chi connectivity index (χ1v) is 6.93. The second-order valence-corrected chi connectivity index (χ2v) is 5.86. The van der Waals surface area contributed by atoms with E-state index in [2.05, 4.69) is 18.7 Å². The standard InChI is InChI=1S/C14H20ClN3O/c1-8(2)18(7-9-3-4-9)13-11(14(17)19)5-10(16)6-12(13)15/h5-6,8-9H,3-4,7,16H2,1-2H3,(H2,17,19). The smallest absolute Gasteiger partial charge is 0.250 e. The monoisotopic (exact) mass is 281 g/mol. The number of hydrogen-bond donors (Lipinski definition) is 2. The highest BCUT2D eigenvalue weighted by molar-refractivity contribution is 6.34. The van der Waals surface area contributed by atoms with Gasteiger partial charge in [-0.2, -0.15) is 0 Å². The van der Waals surface area contributed by atoms with Crippen molar-refractivity contribution in [3.63, 3.8) is 0 Å². The fourth-order valence-corrected chi connectivity index (χ4v) is 2.58. The van der Waals surface area contributed by atoms with Crippen LogP contribution in [0.15, 0.2) is 12.1 Å². The molecule has 1 saturated carbocycles. The molecule has 0 saturated heterocycles. The van der Waals surface area contributed by atoms with Crippen LogP contribution in [0, 0.1) is 5.92 Å². The molecular formula is C14H20ClN3O. The number of primary amides is 1. The van der Waals surface area contributed by atoms with Gasteiger partial charge in [-0.25, -0.2) is 0 Å². The SMILES string of the molecule is CC(C)N(CC1CC1)c1c(Cl)cc(N)cc1C(N)=O. The Kier molecular flexibility index (Phi) is 3.90. The lowest BCUT2D eigenvalue weighted by molar-refractivity contribution is 0.100. The van der Waals surface area contributed by atoms with Gasteiger partial charge in [-0.3, -0.25) is 4.79 Å². The Labute approximate surface area is 118 Å². The molecule has 104 valence electrons. The molecule has 1 aromatic rings. The van der Waals surface area contributed by atoms with E-state index in [4.69, 9.17) is 23.1 Å². The van der Waals surface area contributed by atoms with E-state index in [-0.39, 0.29) is 6.04 Å². The average molecular weight is 282 g/mol. The minimum absolute atomic E-state index is 0.250. The second kappa shape index (κ2) is 5.29. The van der Waals surface area contributed by atoms with Gasteiger partial charge < -0.3 is 16.4 Å². The van der Waals surface area contributed by atoms with Gasteiger partial charge in [0.15, 0.2) is 0 Å². The summed E-state index contributed by atoms with van der Waals surface area (Å²) in [6, 6.07) is 3.53. The first kappa shape index (κ1) is 14.0. The summed E-state index contributed by atoms with van der Waals surface area (Å²) in [5.74, 6) is 0.197. The van der Waals surface area contributed by atoms with Crippen molar-refractivity contribution in [2.24, 2.45) is 11.7 Å². The quantitative estimate of drug-likeness (QED) is 0.815. The fourth-order valence-electron chi connectivity index (χ4n) is 2.24. The number of benzene rings is 1. The van der Waals surface area contributed by atoms with Crippen molar-refractivity contribution in [1.29, 1.82) is 0 Å². The Balaban J connectivity index is 2.47. The van der Waals surface area contributed by atoms with Crippen LogP contribution in [-0.4, -0.2) is 18.5 Å². The minimum Gasteiger partial charge on any atom is -0.399 e. The van der Waals surface area contributed by atoms with Gasteiger partial charge in [-0.15, -0.1) is 0 Å². The molecule has 2 rings (SSSR count). The first-order chi connectivity index (χ1) is 8.90. The topological polar surface area (TPSA) is 72.3 Å². The van der Waals surface area contributed by atoms with E-state index >= 15 is 0 Å². The van der Waals surface area contributed by atoms with E-state index in [9.17, 15) is 4.79 Å². The molecule has 1 aliphatic carbocycles. The maximum atomic E-state index is 11.6. The molecule has 0 spiro atoms. The summed E-state index contributed by atoms with van der Waals surface area (Å²) in [7, 11) is 0. The van der Waals surface area contributed by atoms with Crippen LogP contribution in [0.3, 0.4) is 0 Å². The first-order valence-electron chi connectivity index (χ1n) is 6.55. The predicted octanol–water partition coefficient (Wildman–Crippen LogP) is 2.65. The van der Waals surface area contributed by atoms with E-state index in [1.54, 1.807) is 12.1 Å². The van der Waals surface area contributed by atoms with Crippen molar-refractivity contribution in [3.05, 3.63) is 22.7 Å². The maximum Gasteiger partial charge on any atom is 0.250 e. The van der Waals surface area contributed by atoms with E-state index in [1.165, 1.54) is 12.8 Å². The number of carbonyl (C=O) groups excluding carboxylic acids is 1. The van der Waals surface area contributed by atoms with Crippen LogP contribution in [0.4, 0.5) is 11.4 Å². The van der Waals surface area contributed by atoms with Crippen LogP contribution in [-0.2, 0) is 0 Å². The zero-order chi connectivity index (χ0) is 14.2. The lowest BCUT2D eigenvalue weighted by Gasteiger charge is -2.31. The van der Waals surface area contributed by atoms with Crippen LogP contribution in [0.5, 0.6) is 0 Å². The van der Waals surface area contributed by atoms with Crippen LogP contribution >= 0.6 is 11.6 Å². The number of nitrogens with two attached hydrogens (primary N) is 2. The zero-order valence-electron chi connectivity index (χ0n) is 11.3. The number of carbonyl (C=O) groups is 1. The van der Waals surface area contributed by atoms with Crippen molar-refractivity contribution in [2.45, 2.75) is 32.7 Å². The summed E-state index contributed by atoms with van der Waals surface area (Å²) in [6.45, 7) is 5.07. The third-order valence-electron chi connectivity index (χ3n) is 3.41. The zero-order valence-corrected chi connectivity index (χ0v) is 12.1. The van der Waals surface area contributed by atoms with Gasteiger partial charge in [0.2, 0.25) is 0 Å². The van der Waals surface area contributed by atoms with E-state index in [1.807, 2.05) is 0 Å². The molecule has 1 amide bonds. The molecule has 0 unspecified atom stereocenters. The lowest BCUT2D eigenvalue weighted by atomic mass is 10.1. The van der Waals surface area contributed by atoms with Gasteiger partial charge >= 0.3 is 0 Å². The molecule has 19 heavy (non-hydrogen) atoms.